The fourth-order valence-electron chi connectivity index (χ4n) is 2.97. The van der Waals surface area contributed by atoms with Gasteiger partial charge in [0.05, 0.1) is 19.7 Å². The number of benzene rings is 2. The molecule has 1 atom stereocenters. The fourth-order valence-corrected chi connectivity index (χ4v) is 2.97. The Hall–Kier alpha value is -3.84. The summed E-state index contributed by atoms with van der Waals surface area (Å²) in [5.41, 5.74) is 4.54. The van der Waals surface area contributed by atoms with E-state index >= 15 is 0 Å². The molecule has 0 fully saturated rings. The number of aryl methyl sites for hydroxylation is 1. The van der Waals surface area contributed by atoms with Crippen molar-refractivity contribution in [3.05, 3.63) is 96.1 Å². The molecule has 1 aromatic heterocycles. The second kappa shape index (κ2) is 9.77. The summed E-state index contributed by atoms with van der Waals surface area (Å²) in [7, 11) is 1.37. The highest BCUT2D eigenvalue weighted by Crippen LogP contribution is 2.28. The van der Waals surface area contributed by atoms with Crippen molar-refractivity contribution in [3.63, 3.8) is 0 Å². The van der Waals surface area contributed by atoms with Gasteiger partial charge in [-0.05, 0) is 42.0 Å². The summed E-state index contributed by atoms with van der Waals surface area (Å²) in [6, 6.07) is 20.9. The molecule has 2 heterocycles. The highest BCUT2D eigenvalue weighted by molar-refractivity contribution is 5.69. The van der Waals surface area contributed by atoms with Gasteiger partial charge in [-0.1, -0.05) is 30.3 Å². The fraction of sp³-hybridized carbons (Fsp3) is 0.167. The summed E-state index contributed by atoms with van der Waals surface area (Å²) >= 11 is 0. The molecule has 1 unspecified atom stereocenters. The van der Waals surface area contributed by atoms with E-state index in [9.17, 15) is 4.79 Å². The molecular weight excluding hydrogens is 396 g/mol. The minimum Gasteiger partial charge on any atom is -0.469 e. The molecule has 158 valence electrons. The van der Waals surface area contributed by atoms with Crippen LogP contribution < -0.4 is 15.0 Å². The molecule has 7 nitrogen and oxygen atoms in total. The number of aromatic nitrogens is 1. The zero-order valence-electron chi connectivity index (χ0n) is 17.0. The number of carbonyl (C=O) groups excluding carboxylic acids is 1. The summed E-state index contributed by atoms with van der Waals surface area (Å²) in [5.74, 6) is 2.33. The van der Waals surface area contributed by atoms with Crippen LogP contribution in [0.2, 0.25) is 0 Å². The third-order valence-electron chi connectivity index (χ3n) is 4.62. The summed E-state index contributed by atoms with van der Waals surface area (Å²) in [5, 5.41) is 0. The van der Waals surface area contributed by atoms with Crippen LogP contribution >= 0.6 is 0 Å². The highest BCUT2D eigenvalue weighted by atomic mass is 16.7. The maximum absolute atomic E-state index is 11.2. The lowest BCUT2D eigenvalue weighted by Gasteiger charge is -2.09. The molecule has 3 aromatic rings. The molecule has 0 spiro atoms. The van der Waals surface area contributed by atoms with Crippen molar-refractivity contribution < 1.29 is 23.8 Å². The Kier molecular flexibility index (Phi) is 6.44. The van der Waals surface area contributed by atoms with E-state index < -0.39 is 0 Å². The third-order valence-corrected chi connectivity index (χ3v) is 4.62. The minimum absolute atomic E-state index is 0.259. The number of ether oxygens (including phenoxy) is 3. The van der Waals surface area contributed by atoms with Crippen molar-refractivity contribution in [2.75, 3.05) is 7.11 Å². The van der Waals surface area contributed by atoms with Crippen LogP contribution in [0.3, 0.4) is 0 Å². The monoisotopic (exact) mass is 418 g/mol. The van der Waals surface area contributed by atoms with E-state index in [4.69, 9.17) is 14.3 Å². The van der Waals surface area contributed by atoms with Crippen LogP contribution in [-0.4, -0.2) is 18.1 Å². The first kappa shape index (κ1) is 20.4. The van der Waals surface area contributed by atoms with Crippen LogP contribution in [0.4, 0.5) is 0 Å². The van der Waals surface area contributed by atoms with Crippen molar-refractivity contribution >= 4 is 5.97 Å². The topological polar surface area (TPSA) is 78.9 Å². The summed E-state index contributed by atoms with van der Waals surface area (Å²) in [6.45, 7) is 0. The first-order valence-corrected chi connectivity index (χ1v) is 9.85. The van der Waals surface area contributed by atoms with Gasteiger partial charge in [-0.15, -0.1) is 0 Å². The Bertz CT molecular complexity index is 1030. The Morgan fingerprint density at radius 2 is 1.71 bits per heavy atom. The molecule has 7 heteroatoms. The van der Waals surface area contributed by atoms with Crippen molar-refractivity contribution in [2.45, 2.75) is 18.9 Å². The predicted molar refractivity (Wildman–Crippen MR) is 113 cm³/mol. The number of carbonyl (C=O) groups is 1. The predicted octanol–water partition coefficient (Wildman–Crippen LogP) is 4.48. The maximum Gasteiger partial charge on any atom is 0.305 e. The van der Waals surface area contributed by atoms with E-state index in [1.54, 1.807) is 12.3 Å². The van der Waals surface area contributed by atoms with Gasteiger partial charge >= 0.3 is 5.97 Å². The lowest BCUT2D eigenvalue weighted by Crippen LogP contribution is -2.12. The van der Waals surface area contributed by atoms with E-state index in [2.05, 4.69) is 15.2 Å². The van der Waals surface area contributed by atoms with Gasteiger partial charge in [0.1, 0.15) is 23.4 Å². The largest absolute Gasteiger partial charge is 0.469 e. The van der Waals surface area contributed by atoms with Crippen molar-refractivity contribution in [1.82, 2.24) is 10.5 Å². The first-order chi connectivity index (χ1) is 15.2. The van der Waals surface area contributed by atoms with Crippen LogP contribution in [0.1, 0.15) is 23.8 Å². The van der Waals surface area contributed by atoms with E-state index in [0.29, 0.717) is 24.5 Å². The molecule has 0 radical (unpaired) electrons. The number of hydrogen-bond donors (Lipinski definition) is 1. The zero-order valence-corrected chi connectivity index (χ0v) is 17.0. The molecule has 0 saturated carbocycles. The lowest BCUT2D eigenvalue weighted by molar-refractivity contribution is -0.140. The molecule has 0 saturated heterocycles. The number of nitrogens with one attached hydrogen (secondary N) is 1. The SMILES string of the molecule is COC(=O)CCc1ccc(OC2=CC(c3ccc(Oc4ccccc4)cc3)ON2)cn1. The molecule has 1 aliphatic rings. The Morgan fingerprint density at radius 1 is 0.968 bits per heavy atom. The normalized spacial score (nSPS) is 15.0. The summed E-state index contributed by atoms with van der Waals surface area (Å²) in [4.78, 5) is 21.1. The van der Waals surface area contributed by atoms with Gasteiger partial charge in [0.2, 0.25) is 5.88 Å². The smallest absolute Gasteiger partial charge is 0.305 e. The van der Waals surface area contributed by atoms with E-state index in [-0.39, 0.29) is 12.1 Å². The maximum atomic E-state index is 11.2. The number of rotatable bonds is 8. The average molecular weight is 418 g/mol. The number of hydroxylamine groups is 1. The zero-order chi connectivity index (χ0) is 21.5. The van der Waals surface area contributed by atoms with Gasteiger partial charge in [0.15, 0.2) is 0 Å². The molecular formula is C24H22N2O5. The number of methoxy groups -OCH3 is 1. The van der Waals surface area contributed by atoms with E-state index in [1.807, 2.05) is 66.7 Å². The van der Waals surface area contributed by atoms with Crippen LogP contribution in [0, 0.1) is 0 Å². The number of esters is 1. The van der Waals surface area contributed by atoms with Gasteiger partial charge in [-0.2, -0.15) is 0 Å². The Morgan fingerprint density at radius 3 is 2.42 bits per heavy atom. The first-order valence-electron chi connectivity index (χ1n) is 9.85. The van der Waals surface area contributed by atoms with Crippen LogP contribution in [0.5, 0.6) is 17.2 Å². The van der Waals surface area contributed by atoms with Gasteiger partial charge in [-0.3, -0.25) is 14.6 Å². The van der Waals surface area contributed by atoms with Gasteiger partial charge in [-0.25, -0.2) is 5.48 Å². The number of nitrogens with zero attached hydrogens (tertiary/aromatic N) is 1. The van der Waals surface area contributed by atoms with Crippen LogP contribution in [0.25, 0.3) is 0 Å². The van der Waals surface area contributed by atoms with E-state index in [1.165, 1.54) is 7.11 Å². The Balaban J connectivity index is 1.33. The average Bonchev–Trinajstić information content (AvgIpc) is 3.28. The standard InChI is InChI=1S/C24H22N2O5/c1-28-24(27)14-10-18-9-13-21(16-25-18)30-23-15-22(31-26-23)17-7-11-20(12-8-17)29-19-5-3-2-4-6-19/h2-9,11-13,15-16,22,26H,10,14H2,1H3. The summed E-state index contributed by atoms with van der Waals surface area (Å²) < 4.78 is 16.2. The van der Waals surface area contributed by atoms with Crippen LogP contribution in [-0.2, 0) is 20.8 Å². The van der Waals surface area contributed by atoms with Gasteiger partial charge in [0.25, 0.3) is 0 Å². The molecule has 1 N–H and O–H groups in total. The van der Waals surface area contributed by atoms with Crippen LogP contribution in [0.15, 0.2) is 84.9 Å². The van der Waals surface area contributed by atoms with Gasteiger partial charge < -0.3 is 14.2 Å². The minimum atomic E-state index is -0.284. The molecule has 0 aliphatic carbocycles. The highest BCUT2D eigenvalue weighted by Gasteiger charge is 2.20. The van der Waals surface area contributed by atoms with Crippen molar-refractivity contribution in [3.8, 4) is 17.2 Å². The van der Waals surface area contributed by atoms with E-state index in [0.717, 1.165) is 22.8 Å². The molecule has 2 aromatic carbocycles. The van der Waals surface area contributed by atoms with Gasteiger partial charge in [0, 0.05) is 18.2 Å². The number of hydrogen-bond acceptors (Lipinski definition) is 7. The van der Waals surface area contributed by atoms with Crippen molar-refractivity contribution in [2.24, 2.45) is 0 Å². The molecule has 4 rings (SSSR count). The molecule has 31 heavy (non-hydrogen) atoms. The molecule has 1 aliphatic heterocycles. The Labute approximate surface area is 180 Å². The van der Waals surface area contributed by atoms with Crippen molar-refractivity contribution in [1.29, 1.82) is 0 Å². The number of pyridine rings is 1. The quantitative estimate of drug-likeness (QED) is 0.541. The third kappa shape index (κ3) is 5.61. The molecule has 0 amide bonds. The molecule has 0 bridgehead atoms. The lowest BCUT2D eigenvalue weighted by atomic mass is 10.1. The number of para-hydroxylation sites is 1. The second-order valence-electron chi connectivity index (χ2n) is 6.82. The second-order valence-corrected chi connectivity index (χ2v) is 6.82. The summed E-state index contributed by atoms with van der Waals surface area (Å²) in [6.07, 6.45) is 3.98.